The number of hydrogen-bond donors (Lipinski definition) is 1. The summed E-state index contributed by atoms with van der Waals surface area (Å²) >= 11 is 13.6. The molecule has 0 spiro atoms. The summed E-state index contributed by atoms with van der Waals surface area (Å²) in [6.07, 6.45) is 2.84. The third-order valence-corrected chi connectivity index (χ3v) is 12.2. The summed E-state index contributed by atoms with van der Waals surface area (Å²) in [5.41, 5.74) is 9.69. The minimum atomic E-state index is -1.09. The van der Waals surface area contributed by atoms with E-state index in [0.717, 1.165) is 60.9 Å². The van der Waals surface area contributed by atoms with E-state index in [0.29, 0.717) is 64.7 Å². The van der Waals surface area contributed by atoms with Crippen LogP contribution < -0.4 is 14.4 Å². The molecule has 4 aromatic heterocycles. The van der Waals surface area contributed by atoms with Gasteiger partial charge in [0.1, 0.15) is 22.9 Å². The van der Waals surface area contributed by atoms with E-state index in [1.54, 1.807) is 34.9 Å². The number of methoxy groups -OCH3 is 1. The molecule has 11 nitrogen and oxygen atoms in total. The van der Waals surface area contributed by atoms with Gasteiger partial charge < -0.3 is 28.6 Å². The summed E-state index contributed by atoms with van der Waals surface area (Å²) in [4.78, 5) is 34.5. The Bertz CT molecular complexity index is 2760. The quantitative estimate of drug-likeness (QED) is 0.129. The second-order valence-electron chi connectivity index (χ2n) is 15.1. The lowest BCUT2D eigenvalue weighted by Crippen LogP contribution is -2.43. The van der Waals surface area contributed by atoms with Crippen LogP contribution in [0.1, 0.15) is 74.1 Å². The summed E-state index contributed by atoms with van der Waals surface area (Å²) in [5, 5.41) is 18.0. The Kier molecular flexibility index (Phi) is 10.2. The number of benzene rings is 3. The van der Waals surface area contributed by atoms with Gasteiger partial charge in [0, 0.05) is 64.5 Å². The number of aromatic carboxylic acids is 1. The van der Waals surface area contributed by atoms with Gasteiger partial charge in [-0.25, -0.2) is 4.79 Å². The summed E-state index contributed by atoms with van der Waals surface area (Å²) in [7, 11) is 3.48. The van der Waals surface area contributed by atoms with E-state index in [9.17, 15) is 9.90 Å². The van der Waals surface area contributed by atoms with Crippen molar-refractivity contribution in [3.8, 4) is 22.6 Å². The van der Waals surface area contributed by atoms with Crippen molar-refractivity contribution in [2.24, 2.45) is 7.05 Å². The molecule has 3 aromatic carbocycles. The van der Waals surface area contributed by atoms with E-state index in [2.05, 4.69) is 16.5 Å². The molecule has 5 heterocycles. The molecule has 13 heteroatoms. The minimum absolute atomic E-state index is 0.0787. The molecule has 0 saturated heterocycles. The van der Waals surface area contributed by atoms with Gasteiger partial charge in [0.25, 0.3) is 5.91 Å². The third-order valence-electron chi connectivity index (χ3n) is 11.3. The Labute approximate surface area is 346 Å². The van der Waals surface area contributed by atoms with Crippen LogP contribution in [0, 0.1) is 27.7 Å². The number of rotatable bonds is 11. The monoisotopic (exact) mass is 818 g/mol. The average molecular weight is 820 g/mol. The summed E-state index contributed by atoms with van der Waals surface area (Å²) in [6, 6.07) is 18.4. The first kappa shape index (κ1) is 39.1. The van der Waals surface area contributed by atoms with Gasteiger partial charge >= 0.3 is 5.97 Å². The largest absolute Gasteiger partial charge is 0.497 e. The van der Waals surface area contributed by atoms with Crippen molar-refractivity contribution in [2.75, 3.05) is 25.2 Å². The number of pyridine rings is 1. The van der Waals surface area contributed by atoms with Crippen molar-refractivity contribution in [3.63, 3.8) is 0 Å². The highest BCUT2D eigenvalue weighted by molar-refractivity contribution is 6.35. The van der Waals surface area contributed by atoms with Crippen molar-refractivity contribution in [2.45, 2.75) is 60.0 Å². The number of aryl methyl sites for hydroxylation is 5. The highest BCUT2D eigenvalue weighted by Gasteiger charge is 2.38. The van der Waals surface area contributed by atoms with Crippen LogP contribution in [0.25, 0.3) is 32.9 Å². The van der Waals surface area contributed by atoms with Crippen molar-refractivity contribution < 1.29 is 24.2 Å². The van der Waals surface area contributed by atoms with E-state index in [1.165, 1.54) is 0 Å². The second kappa shape index (κ2) is 15.2. The smallest absolute Gasteiger partial charge is 0.352 e. The Hall–Kier alpha value is -5.78. The minimum Gasteiger partial charge on any atom is -0.497 e. The number of halogens is 2. The number of ether oxygens (including phenoxy) is 2. The molecule has 0 saturated carbocycles. The fourth-order valence-corrected chi connectivity index (χ4v) is 8.98. The van der Waals surface area contributed by atoms with Gasteiger partial charge in [-0.2, -0.15) is 5.10 Å². The summed E-state index contributed by atoms with van der Waals surface area (Å²) in [6.45, 7) is 10.9. The third kappa shape index (κ3) is 6.56. The maximum atomic E-state index is 15.5. The predicted molar refractivity (Wildman–Crippen MR) is 229 cm³/mol. The Morgan fingerprint density at radius 2 is 1.72 bits per heavy atom. The van der Waals surface area contributed by atoms with Crippen LogP contribution in [-0.2, 0) is 20.0 Å². The molecule has 8 rings (SSSR count). The van der Waals surface area contributed by atoms with Gasteiger partial charge in [0.15, 0.2) is 0 Å². The van der Waals surface area contributed by atoms with Crippen LogP contribution in [0.4, 0.5) is 5.69 Å². The topological polar surface area (TPSA) is 117 Å². The number of carboxylic acids is 1. The normalized spacial score (nSPS) is 14.1. The first-order chi connectivity index (χ1) is 27.8. The molecule has 0 radical (unpaired) electrons. The fraction of sp³-hybridized carbons (Fsp3) is 0.289. The highest BCUT2D eigenvalue weighted by Crippen LogP contribution is 2.46. The molecule has 7 aromatic rings. The molecule has 1 aliphatic heterocycles. The van der Waals surface area contributed by atoms with Crippen molar-refractivity contribution >= 4 is 62.6 Å². The maximum absolute atomic E-state index is 15.5. The van der Waals surface area contributed by atoms with Crippen LogP contribution in [0.5, 0.6) is 11.5 Å². The lowest BCUT2D eigenvalue weighted by molar-refractivity contribution is 0.0686. The number of anilines is 1. The van der Waals surface area contributed by atoms with Crippen LogP contribution >= 0.6 is 23.2 Å². The highest BCUT2D eigenvalue weighted by atomic mass is 35.5. The fourth-order valence-electron chi connectivity index (χ4n) is 8.62. The van der Waals surface area contributed by atoms with Crippen LogP contribution in [0.2, 0.25) is 10.0 Å². The number of aromatic nitrogens is 5. The van der Waals surface area contributed by atoms with Crippen molar-refractivity contribution in [1.29, 1.82) is 0 Å². The van der Waals surface area contributed by atoms with Gasteiger partial charge in [-0.15, -0.1) is 0 Å². The van der Waals surface area contributed by atoms with E-state index in [1.807, 2.05) is 88.0 Å². The zero-order chi connectivity index (χ0) is 41.2. The van der Waals surface area contributed by atoms with Gasteiger partial charge in [-0.05, 0) is 107 Å². The van der Waals surface area contributed by atoms with Crippen molar-refractivity contribution in [3.05, 3.63) is 122 Å². The van der Waals surface area contributed by atoms with Gasteiger partial charge in [-0.3, -0.25) is 14.5 Å². The molecule has 1 amide bonds. The maximum Gasteiger partial charge on any atom is 0.352 e. The van der Waals surface area contributed by atoms with Crippen LogP contribution in [-0.4, -0.2) is 61.1 Å². The number of amides is 1. The number of fused-ring (bicyclic) bond motifs is 4. The molecule has 0 bridgehead atoms. The summed E-state index contributed by atoms with van der Waals surface area (Å²) in [5.74, 6) is -0.0584. The second-order valence-corrected chi connectivity index (χ2v) is 15.9. The molecule has 298 valence electrons. The lowest BCUT2D eigenvalue weighted by atomic mass is 9.98. The van der Waals surface area contributed by atoms with E-state index >= 15 is 4.79 Å². The van der Waals surface area contributed by atoms with Gasteiger partial charge in [0.05, 0.1) is 53.4 Å². The van der Waals surface area contributed by atoms with Gasteiger partial charge in [0.2, 0.25) is 0 Å². The standard InChI is InChI=1S/C45H44Cl2N6O5/c1-24-17-32(18-25(2)40(24)47)58-16-10-12-33-34-13-14-35(46)39(38-27(4)49-50(6)28(38)5)42(34)53-26(3)22-52(44(54)43(33)53)36-21-31(57-7)19-29-20-37(45(55)56)51(41(29)36)23-30-11-8-9-15-48-30/h8-9,11,13-15,17-21,26H,10,12,16,22-23H2,1-7H3,(H,55,56). The number of nitrogens with zero attached hydrogens (tertiary/aromatic N) is 6. The zero-order valence-electron chi connectivity index (χ0n) is 33.5. The number of carbonyl (C=O) groups excluding carboxylic acids is 1. The van der Waals surface area contributed by atoms with Crippen LogP contribution in [0.15, 0.2) is 66.9 Å². The average Bonchev–Trinajstić information content (AvgIpc) is 3.82. The molecule has 1 aliphatic rings. The van der Waals surface area contributed by atoms with Crippen molar-refractivity contribution in [1.82, 2.24) is 23.9 Å². The Balaban J connectivity index is 1.31. The molecule has 1 atom stereocenters. The molecular weight excluding hydrogens is 775 g/mol. The predicted octanol–water partition coefficient (Wildman–Crippen LogP) is 9.92. The molecule has 1 unspecified atom stereocenters. The molecule has 0 aliphatic carbocycles. The lowest BCUT2D eigenvalue weighted by Gasteiger charge is -2.35. The molecule has 1 N–H and O–H groups in total. The van der Waals surface area contributed by atoms with Gasteiger partial charge in [-0.1, -0.05) is 35.3 Å². The number of carboxylic acid groups (broad SMARTS) is 1. The molecule has 0 fully saturated rings. The first-order valence-corrected chi connectivity index (χ1v) is 20.0. The molecular formula is C45H44Cl2N6O5. The van der Waals surface area contributed by atoms with Crippen LogP contribution in [0.3, 0.4) is 0 Å². The summed E-state index contributed by atoms with van der Waals surface area (Å²) < 4.78 is 17.7. The van der Waals surface area contributed by atoms with E-state index in [-0.39, 0.29) is 24.2 Å². The SMILES string of the molecule is COc1cc(N2CC(C)n3c(c(CCCOc4cc(C)c(Cl)c(C)c4)c4ccc(Cl)c(-c5c(C)nn(C)c5C)c43)C2=O)c2c(c1)cc(C(=O)O)n2Cc1ccccn1. The molecule has 58 heavy (non-hydrogen) atoms. The Morgan fingerprint density at radius 1 is 0.966 bits per heavy atom. The Morgan fingerprint density at radius 3 is 2.38 bits per heavy atom. The first-order valence-electron chi connectivity index (χ1n) is 19.2. The van der Waals surface area contributed by atoms with E-state index < -0.39 is 5.97 Å². The zero-order valence-corrected chi connectivity index (χ0v) is 35.0. The number of carbonyl (C=O) groups is 2. The van der Waals surface area contributed by atoms with E-state index in [4.69, 9.17) is 37.8 Å². The number of hydrogen-bond acceptors (Lipinski definition) is 6.